The molecule has 4 rings (SSSR count). The number of nitrogens with zero attached hydrogens (tertiary/aromatic N) is 5. The van der Waals surface area contributed by atoms with Crippen molar-refractivity contribution in [1.29, 1.82) is 0 Å². The van der Waals surface area contributed by atoms with Crippen LogP contribution in [0.15, 0.2) is 29.0 Å². The Morgan fingerprint density at radius 1 is 1.03 bits per heavy atom. The number of methoxy groups -OCH3 is 2. The second-order valence-electron chi connectivity index (χ2n) is 8.89. The fraction of sp³-hybridized carbons (Fsp3) is 0.435. The third-order valence-electron chi connectivity index (χ3n) is 5.37. The summed E-state index contributed by atoms with van der Waals surface area (Å²) in [5.74, 6) is 2.44. The summed E-state index contributed by atoms with van der Waals surface area (Å²) in [5, 5.41) is 0.466. The van der Waals surface area contributed by atoms with Crippen LogP contribution in [0, 0.1) is 0 Å². The number of rotatable bonds is 4. The van der Waals surface area contributed by atoms with Crippen molar-refractivity contribution in [3.05, 3.63) is 34.0 Å². The van der Waals surface area contributed by atoms with Crippen molar-refractivity contribution in [3.8, 4) is 22.8 Å². The average molecular weight is 553 g/mol. The fourth-order valence-corrected chi connectivity index (χ4v) is 4.53. The van der Waals surface area contributed by atoms with Crippen molar-refractivity contribution >= 4 is 45.2 Å². The molecule has 182 valence electrons. The molecule has 1 saturated heterocycles. The quantitative estimate of drug-likeness (QED) is 0.456. The lowest BCUT2D eigenvalue weighted by Gasteiger charge is -2.36. The number of halogens is 2. The number of piperazine rings is 1. The largest absolute Gasteiger partial charge is 0.496 e. The number of hydrogen-bond acceptors (Lipinski definition) is 7. The summed E-state index contributed by atoms with van der Waals surface area (Å²) < 4.78 is 19.0. The Balaban J connectivity index is 1.58. The molecule has 1 amide bonds. The van der Waals surface area contributed by atoms with E-state index in [0.717, 1.165) is 15.9 Å². The Morgan fingerprint density at radius 2 is 1.71 bits per heavy atom. The molecule has 1 aliphatic heterocycles. The van der Waals surface area contributed by atoms with Crippen molar-refractivity contribution in [2.45, 2.75) is 26.4 Å². The van der Waals surface area contributed by atoms with Crippen LogP contribution in [-0.4, -0.2) is 71.4 Å². The zero-order valence-corrected chi connectivity index (χ0v) is 22.1. The first kappa shape index (κ1) is 24.4. The number of anilines is 1. The summed E-state index contributed by atoms with van der Waals surface area (Å²) in [7, 11) is 3.15. The monoisotopic (exact) mass is 551 g/mol. The number of fused-ring (bicyclic) bond motifs is 1. The lowest BCUT2D eigenvalue weighted by Crippen LogP contribution is -2.50. The number of carbonyl (C=O) groups is 1. The Kier molecular flexibility index (Phi) is 6.82. The summed E-state index contributed by atoms with van der Waals surface area (Å²) in [6.07, 6.45) is 3.50. The van der Waals surface area contributed by atoms with Gasteiger partial charge >= 0.3 is 6.09 Å². The van der Waals surface area contributed by atoms with Gasteiger partial charge in [-0.25, -0.2) is 9.78 Å². The highest BCUT2D eigenvalue weighted by Gasteiger charge is 2.27. The molecule has 0 atom stereocenters. The van der Waals surface area contributed by atoms with Crippen molar-refractivity contribution in [2.75, 3.05) is 45.3 Å². The van der Waals surface area contributed by atoms with Gasteiger partial charge in [-0.3, -0.25) is 4.40 Å². The summed E-state index contributed by atoms with van der Waals surface area (Å²) in [4.78, 5) is 25.7. The van der Waals surface area contributed by atoms with Crippen molar-refractivity contribution in [1.82, 2.24) is 19.3 Å². The Labute approximate surface area is 211 Å². The summed E-state index contributed by atoms with van der Waals surface area (Å²) in [5.41, 5.74) is 0.897. The molecule has 0 N–H and O–H groups in total. The molecule has 1 aliphatic rings. The number of hydrogen-bond donors (Lipinski definition) is 0. The van der Waals surface area contributed by atoms with Crippen molar-refractivity contribution < 1.29 is 19.0 Å². The maximum absolute atomic E-state index is 12.4. The van der Waals surface area contributed by atoms with E-state index in [2.05, 4.69) is 20.8 Å². The van der Waals surface area contributed by atoms with Crippen LogP contribution >= 0.6 is 27.5 Å². The first-order valence-corrected chi connectivity index (χ1v) is 12.0. The first-order chi connectivity index (χ1) is 16.1. The van der Waals surface area contributed by atoms with Gasteiger partial charge in [0.15, 0.2) is 0 Å². The van der Waals surface area contributed by atoms with E-state index in [-0.39, 0.29) is 6.09 Å². The zero-order valence-electron chi connectivity index (χ0n) is 19.8. The van der Waals surface area contributed by atoms with Crippen LogP contribution in [0.1, 0.15) is 20.8 Å². The van der Waals surface area contributed by atoms with Gasteiger partial charge in [-0.15, -0.1) is 0 Å². The van der Waals surface area contributed by atoms with Crippen LogP contribution in [0.3, 0.4) is 0 Å². The second-order valence-corrected chi connectivity index (χ2v) is 10.1. The minimum atomic E-state index is -0.515. The number of ether oxygens (including phenoxy) is 3. The normalized spacial score (nSPS) is 14.4. The molecule has 0 aliphatic carbocycles. The molecule has 2 aromatic heterocycles. The minimum Gasteiger partial charge on any atom is -0.496 e. The molecular formula is C23H27BrClN5O4. The number of amides is 1. The second kappa shape index (κ2) is 9.50. The minimum absolute atomic E-state index is 0.292. The molecule has 1 aromatic carbocycles. The smallest absolute Gasteiger partial charge is 0.410 e. The van der Waals surface area contributed by atoms with Crippen molar-refractivity contribution in [2.24, 2.45) is 0 Å². The lowest BCUT2D eigenvalue weighted by atomic mass is 10.1. The summed E-state index contributed by atoms with van der Waals surface area (Å²) in [6.45, 7) is 7.97. The van der Waals surface area contributed by atoms with E-state index in [0.29, 0.717) is 54.2 Å². The van der Waals surface area contributed by atoms with E-state index >= 15 is 0 Å². The van der Waals surface area contributed by atoms with Gasteiger partial charge in [-0.2, -0.15) is 4.98 Å². The molecule has 3 heterocycles. The van der Waals surface area contributed by atoms with Gasteiger partial charge in [0.2, 0.25) is 5.78 Å². The van der Waals surface area contributed by atoms with E-state index in [9.17, 15) is 4.79 Å². The molecular weight excluding hydrogens is 526 g/mol. The van der Waals surface area contributed by atoms with Crippen LogP contribution < -0.4 is 14.4 Å². The average Bonchev–Trinajstić information content (AvgIpc) is 3.20. The maximum atomic E-state index is 12.4. The number of aromatic nitrogens is 3. The standard InChI is InChI=1S/C23H27BrClN5O4/c1-23(2,3)34-22(31)29-8-6-28(7-9-29)20-15(24)12-30-13-17(26-21(30)27-20)14-10-16(25)19(33-5)11-18(14)32-4/h10-13H,6-9H2,1-5H3. The molecule has 9 nitrogen and oxygen atoms in total. The van der Waals surface area contributed by atoms with Gasteiger partial charge in [0.05, 0.1) is 29.4 Å². The molecule has 3 aromatic rings. The fourth-order valence-electron chi connectivity index (χ4n) is 3.73. The SMILES string of the molecule is COc1cc(OC)c(-c2cn3cc(Br)c(N4CCN(C(=O)OC(C)(C)C)CC4)nc3n2)cc1Cl. The van der Waals surface area contributed by atoms with Crippen LogP contribution in [0.2, 0.25) is 5.02 Å². The Morgan fingerprint density at radius 3 is 2.32 bits per heavy atom. The van der Waals surface area contributed by atoms with Crippen LogP contribution in [0.25, 0.3) is 17.0 Å². The predicted octanol–water partition coefficient (Wildman–Crippen LogP) is 4.89. The van der Waals surface area contributed by atoms with Gasteiger partial charge in [0.25, 0.3) is 0 Å². The van der Waals surface area contributed by atoms with Gasteiger partial charge in [-0.05, 0) is 42.8 Å². The summed E-state index contributed by atoms with van der Waals surface area (Å²) in [6, 6.07) is 3.51. The highest BCUT2D eigenvalue weighted by Crippen LogP contribution is 2.38. The van der Waals surface area contributed by atoms with Gasteiger partial charge in [0, 0.05) is 50.2 Å². The third kappa shape index (κ3) is 5.02. The van der Waals surface area contributed by atoms with E-state index in [1.54, 1.807) is 31.3 Å². The molecule has 0 saturated carbocycles. The Hall–Kier alpha value is -2.72. The Bertz CT molecular complexity index is 1220. The van der Waals surface area contributed by atoms with Crippen LogP contribution in [0.5, 0.6) is 11.5 Å². The topological polar surface area (TPSA) is 81.4 Å². The first-order valence-electron chi connectivity index (χ1n) is 10.8. The molecule has 11 heteroatoms. The zero-order chi connectivity index (χ0) is 24.6. The van der Waals surface area contributed by atoms with E-state index in [1.165, 1.54) is 0 Å². The lowest BCUT2D eigenvalue weighted by molar-refractivity contribution is 0.0240. The number of imidazole rings is 1. The highest BCUT2D eigenvalue weighted by atomic mass is 79.9. The predicted molar refractivity (Wildman–Crippen MR) is 134 cm³/mol. The van der Waals surface area contributed by atoms with Gasteiger partial charge < -0.3 is 24.0 Å². The molecule has 0 unspecified atom stereocenters. The number of benzene rings is 1. The molecule has 0 spiro atoms. The van der Waals surface area contributed by atoms with Crippen LogP contribution in [0.4, 0.5) is 10.6 Å². The van der Waals surface area contributed by atoms with Crippen molar-refractivity contribution in [3.63, 3.8) is 0 Å². The van der Waals surface area contributed by atoms with E-state index in [4.69, 9.17) is 35.8 Å². The molecule has 1 fully saturated rings. The molecule has 0 radical (unpaired) electrons. The van der Waals surface area contributed by atoms with Gasteiger partial charge in [-0.1, -0.05) is 11.6 Å². The molecule has 34 heavy (non-hydrogen) atoms. The maximum Gasteiger partial charge on any atom is 0.410 e. The third-order valence-corrected chi connectivity index (χ3v) is 6.22. The van der Waals surface area contributed by atoms with E-state index in [1.807, 2.05) is 37.6 Å². The van der Waals surface area contributed by atoms with E-state index < -0.39 is 5.60 Å². The highest BCUT2D eigenvalue weighted by molar-refractivity contribution is 9.10. The molecule has 0 bridgehead atoms. The van der Waals surface area contributed by atoms with Crippen LogP contribution in [-0.2, 0) is 4.74 Å². The summed E-state index contributed by atoms with van der Waals surface area (Å²) >= 11 is 9.99. The van der Waals surface area contributed by atoms with Gasteiger partial charge in [0.1, 0.15) is 22.9 Å². The number of carbonyl (C=O) groups excluding carboxylic acids is 1.